The summed E-state index contributed by atoms with van der Waals surface area (Å²) < 4.78 is 3.81. The SMILES string of the molecule is Cc1ccccc1-n1c(SCC(=O)c2c(N)n(C)c(=O)n(C)c2=O)nnc1-c1ccncc1. The molecule has 0 atom stereocenters. The molecule has 0 unspecified atom stereocenters. The van der Waals surface area contributed by atoms with Gasteiger partial charge in [0.05, 0.1) is 11.4 Å². The molecule has 0 fully saturated rings. The Morgan fingerprint density at radius 2 is 1.73 bits per heavy atom. The highest BCUT2D eigenvalue weighted by Crippen LogP contribution is 2.29. The third kappa shape index (κ3) is 3.98. The van der Waals surface area contributed by atoms with Gasteiger partial charge in [0, 0.05) is 32.1 Å². The summed E-state index contributed by atoms with van der Waals surface area (Å²) in [4.78, 5) is 41.6. The number of carbonyl (C=O) groups excluding carboxylic acids is 1. The lowest BCUT2D eigenvalue weighted by atomic mass is 10.2. The summed E-state index contributed by atoms with van der Waals surface area (Å²) in [5, 5.41) is 9.13. The fourth-order valence-corrected chi connectivity index (χ4v) is 4.22. The third-order valence-electron chi connectivity index (χ3n) is 5.25. The van der Waals surface area contributed by atoms with E-state index in [-0.39, 0.29) is 17.1 Å². The number of hydrogen-bond acceptors (Lipinski definition) is 8. The van der Waals surface area contributed by atoms with Crippen molar-refractivity contribution >= 4 is 23.4 Å². The van der Waals surface area contributed by atoms with E-state index in [0.29, 0.717) is 11.0 Å². The Kier molecular flexibility index (Phi) is 5.97. The average Bonchev–Trinajstić information content (AvgIpc) is 3.25. The molecule has 0 saturated heterocycles. The molecule has 10 nitrogen and oxygen atoms in total. The molecule has 4 aromatic rings. The number of aryl methyl sites for hydroxylation is 1. The van der Waals surface area contributed by atoms with Crippen LogP contribution in [0.25, 0.3) is 17.1 Å². The van der Waals surface area contributed by atoms with Crippen molar-refractivity contribution in [2.45, 2.75) is 12.1 Å². The maximum atomic E-state index is 13.0. The van der Waals surface area contributed by atoms with Crippen molar-refractivity contribution < 1.29 is 4.79 Å². The summed E-state index contributed by atoms with van der Waals surface area (Å²) in [6.07, 6.45) is 3.33. The van der Waals surface area contributed by atoms with E-state index < -0.39 is 17.0 Å². The number of benzene rings is 1. The molecule has 3 aromatic heterocycles. The van der Waals surface area contributed by atoms with Gasteiger partial charge in [-0.05, 0) is 30.7 Å². The van der Waals surface area contributed by atoms with Crippen molar-refractivity contribution in [2.24, 2.45) is 14.1 Å². The minimum atomic E-state index is -0.723. The zero-order chi connectivity index (χ0) is 23.7. The fraction of sp³-hybridized carbons (Fsp3) is 0.182. The van der Waals surface area contributed by atoms with Crippen molar-refractivity contribution in [3.63, 3.8) is 0 Å². The third-order valence-corrected chi connectivity index (χ3v) is 6.18. The number of hydrogen-bond donors (Lipinski definition) is 1. The van der Waals surface area contributed by atoms with E-state index in [4.69, 9.17) is 5.73 Å². The van der Waals surface area contributed by atoms with E-state index in [1.165, 1.54) is 14.1 Å². The zero-order valence-electron chi connectivity index (χ0n) is 18.2. The first-order chi connectivity index (χ1) is 15.8. The molecular weight excluding hydrogens is 442 g/mol. The predicted molar refractivity (Wildman–Crippen MR) is 126 cm³/mol. The Bertz CT molecular complexity index is 1470. The number of nitrogens with two attached hydrogens (primary N) is 1. The molecule has 33 heavy (non-hydrogen) atoms. The van der Waals surface area contributed by atoms with Gasteiger partial charge in [-0.1, -0.05) is 30.0 Å². The number of rotatable bonds is 6. The topological polar surface area (TPSA) is 131 Å². The highest BCUT2D eigenvalue weighted by molar-refractivity contribution is 7.99. The molecular formula is C22H21N7O3S. The van der Waals surface area contributed by atoms with Crippen molar-refractivity contribution in [1.29, 1.82) is 0 Å². The van der Waals surface area contributed by atoms with E-state index in [1.807, 2.05) is 47.9 Å². The van der Waals surface area contributed by atoms with Crippen molar-refractivity contribution in [2.75, 3.05) is 11.5 Å². The quantitative estimate of drug-likeness (QED) is 0.337. The number of nitrogen functional groups attached to an aromatic ring is 1. The molecule has 0 aliphatic rings. The lowest BCUT2D eigenvalue weighted by Crippen LogP contribution is -2.41. The Hall–Kier alpha value is -3.99. The average molecular weight is 464 g/mol. The summed E-state index contributed by atoms with van der Waals surface area (Å²) in [6.45, 7) is 1.97. The lowest BCUT2D eigenvalue weighted by molar-refractivity contribution is 0.102. The molecule has 0 amide bonds. The van der Waals surface area contributed by atoms with Gasteiger partial charge in [-0.2, -0.15) is 0 Å². The van der Waals surface area contributed by atoms with E-state index in [1.54, 1.807) is 12.4 Å². The van der Waals surface area contributed by atoms with Gasteiger partial charge in [-0.3, -0.25) is 28.3 Å². The number of para-hydroxylation sites is 1. The molecule has 0 bridgehead atoms. The van der Waals surface area contributed by atoms with Crippen LogP contribution in [-0.2, 0) is 14.1 Å². The molecule has 0 spiro atoms. The molecule has 11 heteroatoms. The molecule has 168 valence electrons. The second kappa shape index (κ2) is 8.87. The van der Waals surface area contributed by atoms with E-state index >= 15 is 0 Å². The van der Waals surface area contributed by atoms with Crippen LogP contribution in [0, 0.1) is 6.92 Å². The van der Waals surface area contributed by atoms with Crippen LogP contribution in [0.3, 0.4) is 0 Å². The molecule has 0 radical (unpaired) electrons. The van der Waals surface area contributed by atoms with Gasteiger partial charge >= 0.3 is 5.69 Å². The van der Waals surface area contributed by atoms with Gasteiger partial charge < -0.3 is 5.73 Å². The standard InChI is InChI=1S/C22H21N7O3S/c1-13-6-4-5-7-15(13)29-19(14-8-10-24-11-9-14)25-26-21(29)33-12-16(30)17-18(23)27(2)22(32)28(3)20(17)31/h4-11H,12,23H2,1-3H3. The van der Waals surface area contributed by atoms with Gasteiger partial charge in [-0.25, -0.2) is 4.79 Å². The van der Waals surface area contributed by atoms with Crippen LogP contribution in [0.15, 0.2) is 63.5 Å². The highest BCUT2D eigenvalue weighted by atomic mass is 32.2. The zero-order valence-corrected chi connectivity index (χ0v) is 19.0. The smallest absolute Gasteiger partial charge is 0.332 e. The summed E-state index contributed by atoms with van der Waals surface area (Å²) in [7, 11) is 2.72. The lowest BCUT2D eigenvalue weighted by Gasteiger charge is -2.13. The summed E-state index contributed by atoms with van der Waals surface area (Å²) in [5.74, 6) is -0.179. The Morgan fingerprint density at radius 1 is 1.03 bits per heavy atom. The van der Waals surface area contributed by atoms with Gasteiger partial charge in [0.15, 0.2) is 16.8 Å². The molecule has 0 saturated carbocycles. The monoisotopic (exact) mass is 463 g/mol. The number of thioether (sulfide) groups is 1. The van der Waals surface area contributed by atoms with Crippen molar-refractivity contribution in [3.8, 4) is 17.1 Å². The number of nitrogens with zero attached hydrogens (tertiary/aromatic N) is 6. The molecule has 1 aromatic carbocycles. The Labute approximate surface area is 192 Å². The van der Waals surface area contributed by atoms with Crippen molar-refractivity contribution in [1.82, 2.24) is 28.9 Å². The highest BCUT2D eigenvalue weighted by Gasteiger charge is 2.23. The summed E-state index contributed by atoms with van der Waals surface area (Å²) in [6, 6.07) is 11.4. The molecule has 2 N–H and O–H groups in total. The maximum absolute atomic E-state index is 13.0. The molecule has 4 rings (SSSR count). The number of pyridine rings is 1. The number of anilines is 1. The molecule has 3 heterocycles. The number of carbonyl (C=O) groups is 1. The van der Waals surface area contributed by atoms with Gasteiger partial charge in [0.25, 0.3) is 5.56 Å². The van der Waals surface area contributed by atoms with E-state index in [9.17, 15) is 14.4 Å². The number of aromatic nitrogens is 6. The Balaban J connectivity index is 1.74. The summed E-state index contributed by atoms with van der Waals surface area (Å²) >= 11 is 1.14. The normalized spacial score (nSPS) is 11.0. The van der Waals surface area contributed by atoms with Gasteiger partial charge in [-0.15, -0.1) is 10.2 Å². The van der Waals surface area contributed by atoms with Crippen LogP contribution in [0.4, 0.5) is 5.82 Å². The van der Waals surface area contributed by atoms with Gasteiger partial charge in [0.1, 0.15) is 11.4 Å². The van der Waals surface area contributed by atoms with Crippen LogP contribution in [0.1, 0.15) is 15.9 Å². The minimum absolute atomic E-state index is 0.113. The van der Waals surface area contributed by atoms with Crippen LogP contribution in [-0.4, -0.2) is 40.4 Å². The summed E-state index contributed by atoms with van der Waals surface area (Å²) in [5.41, 5.74) is 7.06. The molecule has 0 aliphatic heterocycles. The second-order valence-electron chi connectivity index (χ2n) is 7.34. The minimum Gasteiger partial charge on any atom is -0.384 e. The second-order valence-corrected chi connectivity index (χ2v) is 8.28. The first kappa shape index (κ1) is 22.2. The molecule has 0 aliphatic carbocycles. The number of Topliss-reactive ketones (excluding diaryl/α,β-unsaturated/α-hetero) is 1. The number of ketones is 1. The first-order valence-electron chi connectivity index (χ1n) is 9.94. The van der Waals surface area contributed by atoms with E-state index in [2.05, 4.69) is 15.2 Å². The van der Waals surface area contributed by atoms with Crippen LogP contribution < -0.4 is 17.0 Å². The van der Waals surface area contributed by atoms with Gasteiger partial charge in [0.2, 0.25) is 0 Å². The van der Waals surface area contributed by atoms with E-state index in [0.717, 1.165) is 37.7 Å². The maximum Gasteiger partial charge on any atom is 0.332 e. The first-order valence-corrected chi connectivity index (χ1v) is 10.9. The Morgan fingerprint density at radius 3 is 2.42 bits per heavy atom. The predicted octanol–water partition coefficient (Wildman–Crippen LogP) is 1.59. The fourth-order valence-electron chi connectivity index (χ4n) is 3.41. The van der Waals surface area contributed by atoms with Crippen molar-refractivity contribution in [3.05, 3.63) is 80.8 Å². The largest absolute Gasteiger partial charge is 0.384 e. The van der Waals surface area contributed by atoms with Crippen LogP contribution >= 0.6 is 11.8 Å². The van der Waals surface area contributed by atoms with Crippen LogP contribution in [0.5, 0.6) is 0 Å². The van der Waals surface area contributed by atoms with Crippen LogP contribution in [0.2, 0.25) is 0 Å².